The third-order valence-corrected chi connectivity index (χ3v) is 8.67. The van der Waals surface area contributed by atoms with E-state index < -0.39 is 0 Å². The quantitative estimate of drug-likeness (QED) is 0.292. The largest absolute Gasteiger partial charge is 0.379 e. The third-order valence-electron chi connectivity index (χ3n) is 7.66. The van der Waals surface area contributed by atoms with Gasteiger partial charge in [0.2, 0.25) is 0 Å². The zero-order chi connectivity index (χ0) is 29.2. The summed E-state index contributed by atoms with van der Waals surface area (Å²) in [6, 6.07) is 19.1. The van der Waals surface area contributed by atoms with Gasteiger partial charge in [-0.05, 0) is 80.9 Å². The van der Waals surface area contributed by atoms with Gasteiger partial charge in [0.05, 0.1) is 34.7 Å². The minimum absolute atomic E-state index is 0.0535. The maximum absolute atomic E-state index is 13.8. The van der Waals surface area contributed by atoms with E-state index in [1.165, 1.54) is 11.8 Å². The summed E-state index contributed by atoms with van der Waals surface area (Å²) in [6.07, 6.45) is 2.77. The molecule has 0 unspecified atom stereocenters. The van der Waals surface area contributed by atoms with Crippen molar-refractivity contribution in [1.82, 2.24) is 24.1 Å². The summed E-state index contributed by atoms with van der Waals surface area (Å²) in [5.74, 6) is 0.539. The second-order valence-electron chi connectivity index (χ2n) is 10.5. The highest BCUT2D eigenvalue weighted by atomic mass is 32.2. The van der Waals surface area contributed by atoms with E-state index in [1.807, 2.05) is 86.1 Å². The topological polar surface area (TPSA) is 85.0 Å². The number of carbonyl (C=O) groups is 1. The average Bonchev–Trinajstić information content (AvgIpc) is 3.43. The maximum atomic E-state index is 13.8. The molecule has 2 fully saturated rings. The van der Waals surface area contributed by atoms with E-state index >= 15 is 0 Å². The maximum Gasteiger partial charge on any atom is 0.280 e. The number of aromatic nitrogens is 3. The molecule has 10 heteroatoms. The first kappa shape index (κ1) is 28.1. The molecule has 9 nitrogen and oxygen atoms in total. The molecule has 2 saturated heterocycles. The number of amides is 1. The van der Waals surface area contributed by atoms with Crippen molar-refractivity contribution in [2.75, 3.05) is 39.4 Å². The molecular formula is C32H34N6O3S. The van der Waals surface area contributed by atoms with E-state index in [0.29, 0.717) is 33.3 Å². The summed E-state index contributed by atoms with van der Waals surface area (Å²) in [7, 11) is 0. The minimum atomic E-state index is -0.130. The monoisotopic (exact) mass is 582 g/mol. The molecule has 2 aliphatic rings. The Kier molecular flexibility index (Phi) is 8.10. The second kappa shape index (κ2) is 12.1. The summed E-state index contributed by atoms with van der Waals surface area (Å²) in [5, 5.41) is 1.24. The van der Waals surface area contributed by atoms with Crippen LogP contribution in [0.2, 0.25) is 0 Å². The summed E-state index contributed by atoms with van der Waals surface area (Å²) < 4.78 is 8.96. The van der Waals surface area contributed by atoms with E-state index in [1.54, 1.807) is 15.6 Å². The zero-order valence-electron chi connectivity index (χ0n) is 24.1. The Labute approximate surface area is 249 Å². The average molecular weight is 583 g/mol. The van der Waals surface area contributed by atoms with Crippen LogP contribution in [0.5, 0.6) is 0 Å². The van der Waals surface area contributed by atoms with E-state index in [0.717, 1.165) is 61.9 Å². The van der Waals surface area contributed by atoms with Crippen molar-refractivity contribution < 1.29 is 9.53 Å². The molecule has 2 aromatic carbocycles. The predicted octanol–water partition coefficient (Wildman–Crippen LogP) is 4.76. The van der Waals surface area contributed by atoms with Crippen LogP contribution >= 0.6 is 11.8 Å². The lowest BCUT2D eigenvalue weighted by Gasteiger charge is -2.27. The first-order valence-electron chi connectivity index (χ1n) is 14.2. The number of para-hydroxylation sites is 2. The number of aliphatic imine (C=N–C) groups is 1. The van der Waals surface area contributed by atoms with Crippen LogP contribution in [0.3, 0.4) is 0 Å². The molecule has 0 atom stereocenters. The third kappa shape index (κ3) is 5.57. The molecule has 1 amide bonds. The van der Waals surface area contributed by atoms with E-state index in [-0.39, 0.29) is 11.5 Å². The lowest BCUT2D eigenvalue weighted by Crippen LogP contribution is -2.38. The van der Waals surface area contributed by atoms with Crippen molar-refractivity contribution in [3.05, 3.63) is 98.7 Å². The summed E-state index contributed by atoms with van der Waals surface area (Å²) in [6.45, 7) is 10.6. The number of fused-ring (bicyclic) bond motifs is 1. The second-order valence-corrected chi connectivity index (χ2v) is 11.5. The van der Waals surface area contributed by atoms with Gasteiger partial charge in [-0.2, -0.15) is 4.68 Å². The predicted molar refractivity (Wildman–Crippen MR) is 168 cm³/mol. The van der Waals surface area contributed by atoms with Gasteiger partial charge in [0.15, 0.2) is 5.17 Å². The summed E-state index contributed by atoms with van der Waals surface area (Å²) >= 11 is 1.39. The first-order chi connectivity index (χ1) is 20.4. The fraction of sp³-hybridized carbons (Fsp3) is 0.312. The van der Waals surface area contributed by atoms with Gasteiger partial charge in [-0.1, -0.05) is 30.3 Å². The molecule has 2 aromatic heterocycles. The number of hydrogen-bond donors (Lipinski definition) is 0. The number of amidine groups is 1. The number of carbonyl (C=O) groups excluding carboxylic acids is 1. The van der Waals surface area contributed by atoms with E-state index in [4.69, 9.17) is 9.73 Å². The van der Waals surface area contributed by atoms with Gasteiger partial charge in [-0.15, -0.1) is 0 Å². The van der Waals surface area contributed by atoms with Crippen LogP contribution in [0.15, 0.2) is 75.4 Å². The van der Waals surface area contributed by atoms with Crippen LogP contribution in [0.1, 0.15) is 29.2 Å². The van der Waals surface area contributed by atoms with Crippen molar-refractivity contribution in [3.63, 3.8) is 0 Å². The Morgan fingerprint density at radius 3 is 2.48 bits per heavy atom. The number of ether oxygens (including phenoxy) is 1. The molecule has 2 aliphatic heterocycles. The number of benzene rings is 2. The minimum Gasteiger partial charge on any atom is -0.379 e. The molecule has 216 valence electrons. The molecule has 4 aromatic rings. The Hall–Kier alpha value is -3.99. The van der Waals surface area contributed by atoms with Gasteiger partial charge in [-0.25, -0.2) is 9.98 Å². The SMILES string of the molecule is Cc1cc(C=C2SC(=Nc3ccccc3)N(CCCN3CCOCC3)C2=O)c(C)n1-n1c(C)nc2ccccc2c1=O. The summed E-state index contributed by atoms with van der Waals surface area (Å²) in [4.78, 5) is 41.6. The molecule has 0 aliphatic carbocycles. The number of aryl methyl sites for hydroxylation is 2. The van der Waals surface area contributed by atoms with Gasteiger partial charge in [0, 0.05) is 37.6 Å². The van der Waals surface area contributed by atoms with Gasteiger partial charge in [0.25, 0.3) is 11.5 Å². The van der Waals surface area contributed by atoms with Crippen molar-refractivity contribution in [3.8, 4) is 0 Å². The first-order valence-corrected chi connectivity index (χ1v) is 15.1. The van der Waals surface area contributed by atoms with Crippen molar-refractivity contribution in [2.24, 2.45) is 4.99 Å². The molecule has 0 N–H and O–H groups in total. The van der Waals surface area contributed by atoms with Gasteiger partial charge < -0.3 is 4.74 Å². The standard InChI is InChI=1S/C32H34N6O3S/c1-22-20-25(23(2)37(22)38-24(3)33-28-13-8-7-12-27(28)30(38)39)21-29-31(40)36(15-9-14-35-16-18-41-19-17-35)32(42-29)34-26-10-5-4-6-11-26/h4-8,10-13,20-21H,9,14-19H2,1-3H3. The normalized spacial score (nSPS) is 18.2. The Morgan fingerprint density at radius 1 is 0.952 bits per heavy atom. The number of thioether (sulfide) groups is 1. The van der Waals surface area contributed by atoms with Crippen LogP contribution in [-0.2, 0) is 9.53 Å². The molecule has 0 radical (unpaired) electrons. The van der Waals surface area contributed by atoms with Crippen molar-refractivity contribution in [2.45, 2.75) is 27.2 Å². The highest BCUT2D eigenvalue weighted by Gasteiger charge is 2.33. The number of morpholine rings is 1. The molecule has 6 rings (SSSR count). The van der Waals surface area contributed by atoms with Gasteiger partial charge >= 0.3 is 0 Å². The lowest BCUT2D eigenvalue weighted by atomic mass is 10.2. The molecule has 0 bridgehead atoms. The van der Waals surface area contributed by atoms with Crippen LogP contribution in [-0.4, -0.2) is 74.6 Å². The number of hydrogen-bond acceptors (Lipinski definition) is 7. The highest BCUT2D eigenvalue weighted by molar-refractivity contribution is 8.18. The summed E-state index contributed by atoms with van der Waals surface area (Å²) in [5.41, 5.74) is 3.95. The zero-order valence-corrected chi connectivity index (χ0v) is 24.9. The Morgan fingerprint density at radius 2 is 1.69 bits per heavy atom. The molecule has 4 heterocycles. The molecule has 42 heavy (non-hydrogen) atoms. The van der Waals surface area contributed by atoms with E-state index in [9.17, 15) is 9.59 Å². The fourth-order valence-corrected chi connectivity index (χ4v) is 6.54. The molecule has 0 saturated carbocycles. The molecular weight excluding hydrogens is 548 g/mol. The van der Waals surface area contributed by atoms with Crippen molar-refractivity contribution >= 4 is 45.5 Å². The van der Waals surface area contributed by atoms with Gasteiger partial charge in [0.1, 0.15) is 5.82 Å². The highest BCUT2D eigenvalue weighted by Crippen LogP contribution is 2.35. The van der Waals surface area contributed by atoms with Crippen molar-refractivity contribution in [1.29, 1.82) is 0 Å². The van der Waals surface area contributed by atoms with Crippen LogP contribution in [0.25, 0.3) is 17.0 Å². The Balaban J connectivity index is 1.32. The lowest BCUT2D eigenvalue weighted by molar-refractivity contribution is -0.122. The number of rotatable bonds is 7. The van der Waals surface area contributed by atoms with Crippen LogP contribution in [0, 0.1) is 20.8 Å². The fourth-order valence-electron chi connectivity index (χ4n) is 5.52. The smallest absolute Gasteiger partial charge is 0.280 e. The number of nitrogens with zero attached hydrogens (tertiary/aromatic N) is 6. The van der Waals surface area contributed by atoms with Crippen LogP contribution in [0.4, 0.5) is 5.69 Å². The Bertz CT molecular complexity index is 1750. The van der Waals surface area contributed by atoms with Crippen LogP contribution < -0.4 is 5.56 Å². The van der Waals surface area contributed by atoms with Gasteiger partial charge in [-0.3, -0.25) is 24.1 Å². The van der Waals surface area contributed by atoms with E-state index in [2.05, 4.69) is 9.88 Å². The molecule has 0 spiro atoms.